The lowest BCUT2D eigenvalue weighted by atomic mass is 10.0. The zero-order valence-electron chi connectivity index (χ0n) is 11.1. The number of carbonyl (C=O) groups is 1. The Morgan fingerprint density at radius 1 is 1.37 bits per heavy atom. The standard InChI is InChI=1S/C13H20N4O2/c18-13(7-12-4-2-6-19-12)16-5-1-3-11(8-16)17-10-14-9-15-17/h9-12H,1-8H2. The Balaban J connectivity index is 1.56. The fourth-order valence-corrected chi connectivity index (χ4v) is 2.93. The number of hydrogen-bond donors (Lipinski definition) is 0. The molecule has 0 bridgehead atoms. The molecule has 2 unspecified atom stereocenters. The van der Waals surface area contributed by atoms with Crippen LogP contribution in [0.15, 0.2) is 12.7 Å². The summed E-state index contributed by atoms with van der Waals surface area (Å²) < 4.78 is 7.41. The highest BCUT2D eigenvalue weighted by Gasteiger charge is 2.27. The molecular formula is C13H20N4O2. The normalized spacial score (nSPS) is 27.7. The zero-order valence-corrected chi connectivity index (χ0v) is 11.1. The molecule has 1 aromatic rings. The molecule has 0 aromatic carbocycles. The fraction of sp³-hybridized carbons (Fsp3) is 0.769. The summed E-state index contributed by atoms with van der Waals surface area (Å²) in [5.74, 6) is 0.219. The smallest absolute Gasteiger partial charge is 0.225 e. The van der Waals surface area contributed by atoms with Gasteiger partial charge in [-0.15, -0.1) is 0 Å². The van der Waals surface area contributed by atoms with Crippen molar-refractivity contribution in [1.82, 2.24) is 19.7 Å². The highest BCUT2D eigenvalue weighted by Crippen LogP contribution is 2.22. The summed E-state index contributed by atoms with van der Waals surface area (Å²) in [6.45, 7) is 2.41. The second-order valence-electron chi connectivity index (χ2n) is 5.35. The summed E-state index contributed by atoms with van der Waals surface area (Å²) in [6, 6.07) is 0.268. The Kier molecular flexibility index (Phi) is 3.77. The van der Waals surface area contributed by atoms with E-state index in [1.165, 1.54) is 0 Å². The third kappa shape index (κ3) is 2.94. The van der Waals surface area contributed by atoms with E-state index >= 15 is 0 Å². The number of piperidine rings is 1. The molecule has 0 saturated carbocycles. The maximum Gasteiger partial charge on any atom is 0.225 e. The number of amides is 1. The average molecular weight is 264 g/mol. The van der Waals surface area contributed by atoms with Crippen molar-refractivity contribution in [2.45, 2.75) is 44.2 Å². The summed E-state index contributed by atoms with van der Waals surface area (Å²) in [4.78, 5) is 18.2. The third-order valence-corrected chi connectivity index (χ3v) is 3.99. The predicted octanol–water partition coefficient (Wildman–Crippen LogP) is 1.01. The molecule has 1 aromatic heterocycles. The fourth-order valence-electron chi connectivity index (χ4n) is 2.93. The number of ether oxygens (including phenoxy) is 1. The van der Waals surface area contributed by atoms with E-state index in [4.69, 9.17) is 4.74 Å². The van der Waals surface area contributed by atoms with E-state index in [1.807, 2.05) is 9.58 Å². The van der Waals surface area contributed by atoms with Crippen molar-refractivity contribution in [1.29, 1.82) is 0 Å². The molecular weight excluding hydrogens is 244 g/mol. The minimum Gasteiger partial charge on any atom is -0.378 e. The van der Waals surface area contributed by atoms with Crippen LogP contribution in [0.4, 0.5) is 0 Å². The monoisotopic (exact) mass is 264 g/mol. The van der Waals surface area contributed by atoms with E-state index in [0.29, 0.717) is 6.42 Å². The highest BCUT2D eigenvalue weighted by atomic mass is 16.5. The van der Waals surface area contributed by atoms with Gasteiger partial charge < -0.3 is 9.64 Å². The van der Waals surface area contributed by atoms with E-state index in [2.05, 4.69) is 10.1 Å². The number of aromatic nitrogens is 3. The summed E-state index contributed by atoms with van der Waals surface area (Å²) in [7, 11) is 0. The van der Waals surface area contributed by atoms with Gasteiger partial charge in [-0.25, -0.2) is 9.67 Å². The van der Waals surface area contributed by atoms with Crippen LogP contribution in [-0.2, 0) is 9.53 Å². The van der Waals surface area contributed by atoms with E-state index < -0.39 is 0 Å². The maximum atomic E-state index is 12.3. The van der Waals surface area contributed by atoms with Gasteiger partial charge in [0.2, 0.25) is 5.91 Å². The van der Waals surface area contributed by atoms with Gasteiger partial charge >= 0.3 is 0 Å². The number of carbonyl (C=O) groups excluding carboxylic acids is 1. The van der Waals surface area contributed by atoms with Crippen molar-refractivity contribution in [3.8, 4) is 0 Å². The number of rotatable bonds is 3. The lowest BCUT2D eigenvalue weighted by molar-refractivity contribution is -0.135. The second-order valence-corrected chi connectivity index (χ2v) is 5.35. The molecule has 2 aliphatic heterocycles. The molecule has 3 heterocycles. The quantitative estimate of drug-likeness (QED) is 0.817. The van der Waals surface area contributed by atoms with E-state index in [9.17, 15) is 4.79 Å². The highest BCUT2D eigenvalue weighted by molar-refractivity contribution is 5.76. The summed E-state index contributed by atoms with van der Waals surface area (Å²) >= 11 is 0. The summed E-state index contributed by atoms with van der Waals surface area (Å²) in [5.41, 5.74) is 0. The van der Waals surface area contributed by atoms with Crippen LogP contribution < -0.4 is 0 Å². The van der Waals surface area contributed by atoms with Gasteiger partial charge in [0.25, 0.3) is 0 Å². The first-order valence-corrected chi connectivity index (χ1v) is 7.06. The minimum atomic E-state index is 0.138. The van der Waals surface area contributed by atoms with E-state index in [1.54, 1.807) is 12.7 Å². The summed E-state index contributed by atoms with van der Waals surface area (Å²) in [6.07, 6.45) is 8.15. The molecule has 2 saturated heterocycles. The van der Waals surface area contributed by atoms with Crippen LogP contribution >= 0.6 is 0 Å². The van der Waals surface area contributed by atoms with Gasteiger partial charge in [-0.3, -0.25) is 4.79 Å². The van der Waals surface area contributed by atoms with Crippen LogP contribution in [0.3, 0.4) is 0 Å². The molecule has 1 amide bonds. The lowest BCUT2D eigenvalue weighted by Crippen LogP contribution is -2.41. The lowest BCUT2D eigenvalue weighted by Gasteiger charge is -2.33. The topological polar surface area (TPSA) is 60.2 Å². The van der Waals surface area contributed by atoms with Gasteiger partial charge in [0, 0.05) is 19.7 Å². The Morgan fingerprint density at radius 2 is 2.32 bits per heavy atom. The van der Waals surface area contributed by atoms with Crippen LogP contribution in [0.25, 0.3) is 0 Å². The molecule has 104 valence electrons. The first-order valence-electron chi connectivity index (χ1n) is 7.06. The van der Waals surface area contributed by atoms with E-state index in [0.717, 1.165) is 45.4 Å². The van der Waals surface area contributed by atoms with Crippen molar-refractivity contribution in [2.75, 3.05) is 19.7 Å². The molecule has 0 aliphatic carbocycles. The van der Waals surface area contributed by atoms with Crippen LogP contribution in [0.2, 0.25) is 0 Å². The zero-order chi connectivity index (χ0) is 13.1. The van der Waals surface area contributed by atoms with E-state index in [-0.39, 0.29) is 18.1 Å². The first kappa shape index (κ1) is 12.6. The molecule has 3 rings (SSSR count). The van der Waals surface area contributed by atoms with Gasteiger partial charge in [-0.05, 0) is 25.7 Å². The molecule has 6 heteroatoms. The number of likely N-dealkylation sites (tertiary alicyclic amines) is 1. The van der Waals surface area contributed by atoms with Crippen LogP contribution in [-0.4, -0.2) is 51.4 Å². The van der Waals surface area contributed by atoms with Crippen molar-refractivity contribution in [3.63, 3.8) is 0 Å². The SMILES string of the molecule is O=C(CC1CCCO1)N1CCCC(n2cncn2)C1. The minimum absolute atomic E-state index is 0.138. The molecule has 19 heavy (non-hydrogen) atoms. The molecule has 2 aliphatic rings. The van der Waals surface area contributed by atoms with Gasteiger partial charge in [-0.2, -0.15) is 5.10 Å². The van der Waals surface area contributed by atoms with Gasteiger partial charge in [0.15, 0.2) is 0 Å². The number of nitrogens with zero attached hydrogens (tertiary/aromatic N) is 4. The molecule has 0 radical (unpaired) electrons. The third-order valence-electron chi connectivity index (χ3n) is 3.99. The van der Waals surface area contributed by atoms with Crippen LogP contribution in [0.5, 0.6) is 0 Å². The first-order chi connectivity index (χ1) is 9.33. The Morgan fingerprint density at radius 3 is 3.05 bits per heavy atom. The Bertz CT molecular complexity index is 414. The van der Waals surface area contributed by atoms with Crippen molar-refractivity contribution >= 4 is 5.91 Å². The van der Waals surface area contributed by atoms with Gasteiger partial charge in [0.1, 0.15) is 12.7 Å². The van der Waals surface area contributed by atoms with Crippen LogP contribution in [0, 0.1) is 0 Å². The second kappa shape index (κ2) is 5.69. The van der Waals surface area contributed by atoms with Gasteiger partial charge in [-0.1, -0.05) is 0 Å². The van der Waals surface area contributed by atoms with Crippen molar-refractivity contribution in [3.05, 3.63) is 12.7 Å². The molecule has 0 spiro atoms. The maximum absolute atomic E-state index is 12.3. The predicted molar refractivity (Wildman–Crippen MR) is 68.5 cm³/mol. The van der Waals surface area contributed by atoms with Gasteiger partial charge in [0.05, 0.1) is 18.6 Å². The van der Waals surface area contributed by atoms with Crippen molar-refractivity contribution in [2.24, 2.45) is 0 Å². The average Bonchev–Trinajstić information content (AvgIpc) is 3.12. The molecule has 0 N–H and O–H groups in total. The number of hydrogen-bond acceptors (Lipinski definition) is 4. The largest absolute Gasteiger partial charge is 0.378 e. The molecule has 2 atom stereocenters. The van der Waals surface area contributed by atoms with Crippen molar-refractivity contribution < 1.29 is 9.53 Å². The Labute approximate surface area is 112 Å². The summed E-state index contributed by atoms with van der Waals surface area (Å²) in [5, 5.41) is 4.18. The molecule has 2 fully saturated rings. The molecule has 6 nitrogen and oxygen atoms in total. The Hall–Kier alpha value is -1.43. The van der Waals surface area contributed by atoms with Crippen LogP contribution in [0.1, 0.15) is 38.1 Å².